The zero-order valence-corrected chi connectivity index (χ0v) is 13.7. The molecular formula is C18H30N2O. The first-order chi connectivity index (χ1) is 10.0. The third-order valence-corrected chi connectivity index (χ3v) is 4.28. The lowest BCUT2D eigenvalue weighted by atomic mass is 9.98. The number of nitrogens with one attached hydrogen (secondary N) is 1. The zero-order chi connectivity index (χ0) is 15.3. The van der Waals surface area contributed by atoms with Gasteiger partial charge in [0.25, 0.3) is 0 Å². The van der Waals surface area contributed by atoms with Crippen LogP contribution >= 0.6 is 0 Å². The van der Waals surface area contributed by atoms with Crippen LogP contribution < -0.4 is 11.1 Å². The van der Waals surface area contributed by atoms with E-state index in [9.17, 15) is 0 Å². The largest absolute Gasteiger partial charge is 0.374 e. The standard InChI is InChI=1S/C18H30N2O/c1-14(2)11-15-5-7-16(8-6-15)17(12-19)20-13-18(3)9-4-10-21-18/h5-8,14,17,20H,4,9-13,19H2,1-3H3. The maximum atomic E-state index is 5.95. The van der Waals surface area contributed by atoms with Crippen LogP contribution in [0, 0.1) is 5.92 Å². The highest BCUT2D eigenvalue weighted by Crippen LogP contribution is 2.25. The molecule has 2 atom stereocenters. The zero-order valence-electron chi connectivity index (χ0n) is 13.7. The molecule has 1 aliphatic heterocycles. The minimum Gasteiger partial charge on any atom is -0.374 e. The van der Waals surface area contributed by atoms with Crippen molar-refractivity contribution in [1.29, 1.82) is 0 Å². The highest BCUT2D eigenvalue weighted by molar-refractivity contribution is 5.25. The van der Waals surface area contributed by atoms with E-state index in [0.29, 0.717) is 12.5 Å². The van der Waals surface area contributed by atoms with Crippen molar-refractivity contribution in [3.05, 3.63) is 35.4 Å². The second-order valence-electron chi connectivity index (χ2n) is 6.91. The Morgan fingerprint density at radius 2 is 2.00 bits per heavy atom. The van der Waals surface area contributed by atoms with E-state index in [1.807, 2.05) is 0 Å². The molecule has 0 bridgehead atoms. The van der Waals surface area contributed by atoms with Crippen LogP contribution in [0.2, 0.25) is 0 Å². The van der Waals surface area contributed by atoms with E-state index in [-0.39, 0.29) is 11.6 Å². The van der Waals surface area contributed by atoms with Gasteiger partial charge in [-0.15, -0.1) is 0 Å². The highest BCUT2D eigenvalue weighted by Gasteiger charge is 2.30. The van der Waals surface area contributed by atoms with Crippen LogP contribution in [0.1, 0.15) is 50.8 Å². The summed E-state index contributed by atoms with van der Waals surface area (Å²) in [7, 11) is 0. The third-order valence-electron chi connectivity index (χ3n) is 4.28. The summed E-state index contributed by atoms with van der Waals surface area (Å²) < 4.78 is 5.83. The molecule has 1 aliphatic rings. The first-order valence-electron chi connectivity index (χ1n) is 8.19. The van der Waals surface area contributed by atoms with E-state index in [1.54, 1.807) is 0 Å². The Labute approximate surface area is 129 Å². The van der Waals surface area contributed by atoms with Crippen molar-refractivity contribution in [3.63, 3.8) is 0 Å². The molecule has 3 N–H and O–H groups in total. The molecule has 0 spiro atoms. The molecule has 118 valence electrons. The Balaban J connectivity index is 1.93. The molecule has 1 fully saturated rings. The number of nitrogens with two attached hydrogens (primary N) is 1. The summed E-state index contributed by atoms with van der Waals surface area (Å²) >= 11 is 0. The minimum absolute atomic E-state index is 0.0228. The number of rotatable bonds is 7. The number of hydrogen-bond acceptors (Lipinski definition) is 3. The molecule has 0 amide bonds. The van der Waals surface area contributed by atoms with Crippen LogP contribution in [0.4, 0.5) is 0 Å². The lowest BCUT2D eigenvalue weighted by Crippen LogP contribution is -2.40. The fourth-order valence-electron chi connectivity index (χ4n) is 3.01. The van der Waals surface area contributed by atoms with Crippen molar-refractivity contribution in [3.8, 4) is 0 Å². The van der Waals surface area contributed by atoms with E-state index in [2.05, 4.69) is 50.4 Å². The van der Waals surface area contributed by atoms with Gasteiger partial charge in [-0.2, -0.15) is 0 Å². The van der Waals surface area contributed by atoms with Gasteiger partial charge in [0, 0.05) is 25.7 Å². The molecule has 2 unspecified atom stereocenters. The molecule has 1 saturated heterocycles. The molecule has 2 rings (SSSR count). The molecule has 1 aromatic rings. The van der Waals surface area contributed by atoms with Gasteiger partial charge >= 0.3 is 0 Å². The van der Waals surface area contributed by atoms with Gasteiger partial charge in [-0.1, -0.05) is 38.1 Å². The van der Waals surface area contributed by atoms with E-state index < -0.39 is 0 Å². The number of benzene rings is 1. The maximum Gasteiger partial charge on any atom is 0.0779 e. The Morgan fingerprint density at radius 3 is 2.52 bits per heavy atom. The van der Waals surface area contributed by atoms with E-state index in [4.69, 9.17) is 10.5 Å². The summed E-state index contributed by atoms with van der Waals surface area (Å²) in [6.45, 7) is 9.05. The van der Waals surface area contributed by atoms with Crippen molar-refractivity contribution >= 4 is 0 Å². The lowest BCUT2D eigenvalue weighted by molar-refractivity contribution is 0.0189. The molecule has 1 aromatic carbocycles. The maximum absolute atomic E-state index is 5.95. The predicted molar refractivity (Wildman–Crippen MR) is 88.4 cm³/mol. The van der Waals surface area contributed by atoms with Gasteiger partial charge in [0.2, 0.25) is 0 Å². The van der Waals surface area contributed by atoms with Gasteiger partial charge in [-0.05, 0) is 43.2 Å². The molecule has 0 aliphatic carbocycles. The van der Waals surface area contributed by atoms with Crippen LogP contribution in [0.5, 0.6) is 0 Å². The summed E-state index contributed by atoms with van der Waals surface area (Å²) in [6, 6.07) is 9.08. The summed E-state index contributed by atoms with van der Waals surface area (Å²) in [4.78, 5) is 0. The molecule has 3 nitrogen and oxygen atoms in total. The Bertz CT molecular complexity index is 421. The molecular weight excluding hydrogens is 260 g/mol. The Kier molecular flexibility index (Phi) is 5.80. The molecule has 0 saturated carbocycles. The fraction of sp³-hybridized carbons (Fsp3) is 0.667. The van der Waals surface area contributed by atoms with Crippen molar-refractivity contribution in [2.24, 2.45) is 11.7 Å². The van der Waals surface area contributed by atoms with Crippen molar-refractivity contribution in [1.82, 2.24) is 5.32 Å². The van der Waals surface area contributed by atoms with Gasteiger partial charge in [0.1, 0.15) is 0 Å². The number of ether oxygens (including phenoxy) is 1. The normalized spacial score (nSPS) is 23.7. The SMILES string of the molecule is CC(C)Cc1ccc(C(CN)NCC2(C)CCCO2)cc1. The fourth-order valence-corrected chi connectivity index (χ4v) is 3.01. The molecule has 0 aromatic heterocycles. The summed E-state index contributed by atoms with van der Waals surface area (Å²) in [6.07, 6.45) is 3.42. The third kappa shape index (κ3) is 4.80. The average Bonchev–Trinajstić information content (AvgIpc) is 2.88. The van der Waals surface area contributed by atoms with E-state index in [0.717, 1.165) is 32.4 Å². The minimum atomic E-state index is -0.0228. The molecule has 1 heterocycles. The van der Waals surface area contributed by atoms with Crippen molar-refractivity contribution in [2.45, 2.75) is 51.7 Å². The van der Waals surface area contributed by atoms with Crippen LogP contribution in [0.15, 0.2) is 24.3 Å². The Hall–Kier alpha value is -0.900. The number of hydrogen-bond donors (Lipinski definition) is 2. The van der Waals surface area contributed by atoms with Gasteiger partial charge in [0.05, 0.1) is 5.60 Å². The second kappa shape index (κ2) is 7.39. The topological polar surface area (TPSA) is 47.3 Å². The van der Waals surface area contributed by atoms with E-state index >= 15 is 0 Å². The van der Waals surface area contributed by atoms with Crippen LogP contribution in [-0.4, -0.2) is 25.3 Å². The van der Waals surface area contributed by atoms with Gasteiger partial charge < -0.3 is 15.8 Å². The lowest BCUT2D eigenvalue weighted by Gasteiger charge is -2.27. The molecule has 3 heteroatoms. The van der Waals surface area contributed by atoms with E-state index in [1.165, 1.54) is 11.1 Å². The smallest absolute Gasteiger partial charge is 0.0779 e. The predicted octanol–water partition coefficient (Wildman–Crippen LogP) is 3.04. The van der Waals surface area contributed by atoms with Crippen LogP contribution in [-0.2, 0) is 11.2 Å². The monoisotopic (exact) mass is 290 g/mol. The molecule has 0 radical (unpaired) electrons. The van der Waals surface area contributed by atoms with Crippen LogP contribution in [0.25, 0.3) is 0 Å². The van der Waals surface area contributed by atoms with Gasteiger partial charge in [0.15, 0.2) is 0 Å². The van der Waals surface area contributed by atoms with Crippen LogP contribution in [0.3, 0.4) is 0 Å². The van der Waals surface area contributed by atoms with Gasteiger partial charge in [-0.3, -0.25) is 0 Å². The quantitative estimate of drug-likeness (QED) is 0.811. The van der Waals surface area contributed by atoms with Crippen molar-refractivity contribution < 1.29 is 4.74 Å². The first-order valence-corrected chi connectivity index (χ1v) is 8.19. The van der Waals surface area contributed by atoms with Gasteiger partial charge in [-0.25, -0.2) is 0 Å². The summed E-state index contributed by atoms with van der Waals surface area (Å²) in [5.74, 6) is 0.693. The first kappa shape index (κ1) is 16.5. The van der Waals surface area contributed by atoms with Crippen molar-refractivity contribution in [2.75, 3.05) is 19.7 Å². The molecule has 21 heavy (non-hydrogen) atoms. The second-order valence-corrected chi connectivity index (χ2v) is 6.91. The summed E-state index contributed by atoms with van der Waals surface area (Å²) in [5, 5.41) is 3.58. The highest BCUT2D eigenvalue weighted by atomic mass is 16.5. The Morgan fingerprint density at radius 1 is 1.29 bits per heavy atom. The summed E-state index contributed by atoms with van der Waals surface area (Å²) in [5.41, 5.74) is 8.59. The average molecular weight is 290 g/mol.